The average molecular weight is 271 g/mol. The number of hydrogen-bond donors (Lipinski definition) is 1. The highest BCUT2D eigenvalue weighted by atomic mass is 19.1. The number of halogens is 1. The second kappa shape index (κ2) is 7.09. The molecule has 2 aromatic carbocycles. The van der Waals surface area contributed by atoms with Gasteiger partial charge in [-0.1, -0.05) is 30.3 Å². The van der Waals surface area contributed by atoms with Crippen LogP contribution in [0.25, 0.3) is 0 Å². The smallest absolute Gasteiger partial charge is 0.228 e. The van der Waals surface area contributed by atoms with Crippen molar-refractivity contribution in [1.29, 1.82) is 0 Å². The Labute approximate surface area is 116 Å². The van der Waals surface area contributed by atoms with Crippen molar-refractivity contribution in [3.05, 3.63) is 72.4 Å². The van der Waals surface area contributed by atoms with E-state index in [-0.39, 0.29) is 5.78 Å². The van der Waals surface area contributed by atoms with Gasteiger partial charge < -0.3 is 10.1 Å². The maximum absolute atomic E-state index is 11.9. The van der Waals surface area contributed by atoms with Crippen LogP contribution in [0.4, 0.5) is 10.1 Å². The summed E-state index contributed by atoms with van der Waals surface area (Å²) >= 11 is 0. The molecular formula is C16H14FNO2. The van der Waals surface area contributed by atoms with E-state index in [1.54, 1.807) is 42.6 Å². The standard InChI is InChI=1S/C16H14FNO2/c17-12-20-15-8-6-14(7-9-15)18-11-10-16(19)13-4-2-1-3-5-13/h1-11,18H,12H2. The van der Waals surface area contributed by atoms with Gasteiger partial charge in [0.2, 0.25) is 6.86 Å². The van der Waals surface area contributed by atoms with Gasteiger partial charge in [0.1, 0.15) is 5.75 Å². The Morgan fingerprint density at radius 3 is 2.45 bits per heavy atom. The van der Waals surface area contributed by atoms with Crippen LogP contribution in [0, 0.1) is 0 Å². The summed E-state index contributed by atoms with van der Waals surface area (Å²) in [5.74, 6) is 0.387. The molecule has 0 saturated heterocycles. The number of nitrogens with one attached hydrogen (secondary N) is 1. The molecule has 0 saturated carbocycles. The van der Waals surface area contributed by atoms with Gasteiger partial charge in [-0.3, -0.25) is 4.79 Å². The van der Waals surface area contributed by atoms with Crippen molar-refractivity contribution in [2.45, 2.75) is 0 Å². The van der Waals surface area contributed by atoms with Gasteiger partial charge in [-0.05, 0) is 24.3 Å². The SMILES string of the molecule is O=C(C=CNc1ccc(OCF)cc1)c1ccccc1. The number of benzene rings is 2. The number of ether oxygens (including phenoxy) is 1. The zero-order valence-corrected chi connectivity index (χ0v) is 10.8. The molecule has 2 rings (SSSR count). The Balaban J connectivity index is 1.91. The zero-order valence-electron chi connectivity index (χ0n) is 10.8. The van der Waals surface area contributed by atoms with Gasteiger partial charge in [0.15, 0.2) is 5.78 Å². The van der Waals surface area contributed by atoms with E-state index in [0.29, 0.717) is 11.3 Å². The Morgan fingerprint density at radius 1 is 1.10 bits per heavy atom. The molecule has 0 fully saturated rings. The predicted molar refractivity (Wildman–Crippen MR) is 76.6 cm³/mol. The molecular weight excluding hydrogens is 257 g/mol. The van der Waals surface area contributed by atoms with Gasteiger partial charge >= 0.3 is 0 Å². The molecule has 1 N–H and O–H groups in total. The minimum absolute atomic E-state index is 0.0736. The normalized spacial score (nSPS) is 10.4. The lowest BCUT2D eigenvalue weighted by atomic mass is 10.1. The van der Waals surface area contributed by atoms with Crippen molar-refractivity contribution in [2.24, 2.45) is 0 Å². The largest absolute Gasteiger partial charge is 0.463 e. The van der Waals surface area contributed by atoms with Crippen LogP contribution in [0.3, 0.4) is 0 Å². The Kier molecular flexibility index (Phi) is 4.89. The van der Waals surface area contributed by atoms with Crippen molar-refractivity contribution in [1.82, 2.24) is 0 Å². The molecule has 0 aliphatic rings. The first kappa shape index (κ1) is 13.8. The second-order valence-electron chi connectivity index (χ2n) is 3.99. The third-order valence-electron chi connectivity index (χ3n) is 2.62. The summed E-state index contributed by atoms with van der Waals surface area (Å²) in [5, 5.41) is 2.96. The molecule has 2 aromatic rings. The Hall–Kier alpha value is -2.62. The number of allylic oxidation sites excluding steroid dienone is 1. The van der Waals surface area contributed by atoms with Crippen molar-refractivity contribution >= 4 is 11.5 Å². The average Bonchev–Trinajstić information content (AvgIpc) is 2.50. The van der Waals surface area contributed by atoms with Gasteiger partial charge in [0.05, 0.1) is 0 Å². The fraction of sp³-hybridized carbons (Fsp3) is 0.0625. The van der Waals surface area contributed by atoms with Gasteiger partial charge in [-0.25, -0.2) is 4.39 Å². The van der Waals surface area contributed by atoms with Gasteiger partial charge in [0.25, 0.3) is 0 Å². The number of hydrogen-bond acceptors (Lipinski definition) is 3. The van der Waals surface area contributed by atoms with Crippen LogP contribution >= 0.6 is 0 Å². The van der Waals surface area contributed by atoms with Crippen molar-refractivity contribution in [3.63, 3.8) is 0 Å². The quantitative estimate of drug-likeness (QED) is 0.641. The van der Waals surface area contributed by atoms with Gasteiger partial charge in [-0.2, -0.15) is 0 Å². The molecule has 0 bridgehead atoms. The minimum Gasteiger partial charge on any atom is -0.463 e. The zero-order chi connectivity index (χ0) is 14.2. The number of carbonyl (C=O) groups excluding carboxylic acids is 1. The molecule has 20 heavy (non-hydrogen) atoms. The van der Waals surface area contributed by atoms with Crippen LogP contribution in [-0.4, -0.2) is 12.6 Å². The summed E-state index contributed by atoms with van der Waals surface area (Å²) in [5.41, 5.74) is 1.42. The van der Waals surface area contributed by atoms with Crippen molar-refractivity contribution < 1.29 is 13.9 Å². The number of rotatable bonds is 6. The fourth-order valence-corrected chi connectivity index (χ4v) is 1.62. The van der Waals surface area contributed by atoms with E-state index >= 15 is 0 Å². The third-order valence-corrected chi connectivity index (χ3v) is 2.62. The molecule has 0 heterocycles. The van der Waals surface area contributed by atoms with Crippen LogP contribution in [0.15, 0.2) is 66.9 Å². The summed E-state index contributed by atoms with van der Waals surface area (Å²) in [6.45, 7) is -0.849. The molecule has 0 radical (unpaired) electrons. The molecule has 0 atom stereocenters. The topological polar surface area (TPSA) is 38.3 Å². The highest BCUT2D eigenvalue weighted by Gasteiger charge is 1.99. The highest BCUT2D eigenvalue weighted by Crippen LogP contribution is 2.15. The summed E-state index contributed by atoms with van der Waals surface area (Å²) in [6, 6.07) is 15.8. The molecule has 4 heteroatoms. The van der Waals surface area contributed by atoms with Crippen LogP contribution in [0.2, 0.25) is 0 Å². The van der Waals surface area contributed by atoms with Crippen LogP contribution in [0.1, 0.15) is 10.4 Å². The third kappa shape index (κ3) is 3.95. The Bertz CT molecular complexity index is 579. The van der Waals surface area contributed by atoms with E-state index in [9.17, 15) is 9.18 Å². The van der Waals surface area contributed by atoms with E-state index in [4.69, 9.17) is 4.74 Å². The van der Waals surface area contributed by atoms with Crippen LogP contribution in [0.5, 0.6) is 5.75 Å². The molecule has 0 unspecified atom stereocenters. The monoisotopic (exact) mass is 271 g/mol. The summed E-state index contributed by atoms with van der Waals surface area (Å²) < 4.78 is 16.6. The van der Waals surface area contributed by atoms with E-state index in [1.807, 2.05) is 18.2 Å². The summed E-state index contributed by atoms with van der Waals surface area (Å²) in [6.07, 6.45) is 3.03. The molecule has 102 valence electrons. The maximum atomic E-state index is 11.9. The lowest BCUT2D eigenvalue weighted by Crippen LogP contribution is -1.96. The maximum Gasteiger partial charge on any atom is 0.228 e. The predicted octanol–water partition coefficient (Wildman–Crippen LogP) is 3.80. The lowest BCUT2D eigenvalue weighted by molar-refractivity contribution is 0.104. The van der Waals surface area contributed by atoms with E-state index in [1.165, 1.54) is 6.08 Å². The van der Waals surface area contributed by atoms with Gasteiger partial charge in [0, 0.05) is 23.5 Å². The molecule has 0 aliphatic heterocycles. The highest BCUT2D eigenvalue weighted by molar-refractivity contribution is 6.04. The minimum atomic E-state index is -0.849. The Morgan fingerprint density at radius 2 is 1.80 bits per heavy atom. The van der Waals surface area contributed by atoms with E-state index < -0.39 is 6.86 Å². The van der Waals surface area contributed by atoms with Crippen LogP contribution in [-0.2, 0) is 0 Å². The number of carbonyl (C=O) groups is 1. The first-order valence-corrected chi connectivity index (χ1v) is 6.11. The van der Waals surface area contributed by atoms with Crippen molar-refractivity contribution in [2.75, 3.05) is 12.2 Å². The number of anilines is 1. The summed E-state index contributed by atoms with van der Waals surface area (Å²) in [7, 11) is 0. The van der Waals surface area contributed by atoms with Crippen LogP contribution < -0.4 is 10.1 Å². The molecule has 0 spiro atoms. The van der Waals surface area contributed by atoms with E-state index in [2.05, 4.69) is 5.32 Å². The fourth-order valence-electron chi connectivity index (χ4n) is 1.62. The number of ketones is 1. The first-order chi connectivity index (χ1) is 9.79. The number of alkyl halides is 1. The molecule has 0 aliphatic carbocycles. The van der Waals surface area contributed by atoms with Gasteiger partial charge in [-0.15, -0.1) is 0 Å². The summed E-state index contributed by atoms with van der Waals surface area (Å²) in [4.78, 5) is 11.8. The second-order valence-corrected chi connectivity index (χ2v) is 3.99. The molecule has 0 amide bonds. The first-order valence-electron chi connectivity index (χ1n) is 6.11. The van der Waals surface area contributed by atoms with Crippen molar-refractivity contribution in [3.8, 4) is 5.75 Å². The lowest BCUT2D eigenvalue weighted by Gasteiger charge is -2.03. The molecule has 0 aromatic heterocycles. The van der Waals surface area contributed by atoms with E-state index in [0.717, 1.165) is 5.69 Å². The molecule has 3 nitrogen and oxygen atoms in total.